The van der Waals surface area contributed by atoms with Crippen molar-refractivity contribution < 1.29 is 23.8 Å². The molecule has 1 heterocycles. The topological polar surface area (TPSA) is 61.8 Å². The fourth-order valence-electron chi connectivity index (χ4n) is 1.06. The van der Waals surface area contributed by atoms with Crippen LogP contribution in [0.1, 0.15) is 20.3 Å². The Morgan fingerprint density at radius 2 is 2.31 bits per heavy atom. The lowest BCUT2D eigenvalue weighted by molar-refractivity contribution is -0.149. The van der Waals surface area contributed by atoms with Crippen LogP contribution in [0.3, 0.4) is 0 Å². The molecule has 1 aliphatic rings. The minimum atomic E-state index is -0.397. The Hall–Kier alpha value is -1.52. The summed E-state index contributed by atoms with van der Waals surface area (Å²) in [5, 5.41) is 0. The van der Waals surface area contributed by atoms with E-state index in [0.29, 0.717) is 5.76 Å². The average molecular weight is 228 g/mol. The second-order valence-electron chi connectivity index (χ2n) is 3.54. The van der Waals surface area contributed by atoms with Crippen molar-refractivity contribution in [2.75, 3.05) is 19.8 Å². The van der Waals surface area contributed by atoms with Crippen molar-refractivity contribution in [2.45, 2.75) is 20.3 Å². The number of hydrogen-bond acceptors (Lipinski definition) is 5. The molecule has 0 spiro atoms. The first kappa shape index (κ1) is 12.5. The van der Waals surface area contributed by atoms with Gasteiger partial charge in [-0.25, -0.2) is 4.79 Å². The standard InChI is InChI=1S/C11H16O5/c1-3-8(2)11(13)15-5-4-14-9-6-10(12)16-7-9/h6,8H,3-5,7H2,1-2H3. The third-order valence-electron chi connectivity index (χ3n) is 2.27. The van der Waals surface area contributed by atoms with Crippen molar-refractivity contribution in [1.82, 2.24) is 0 Å². The zero-order valence-electron chi connectivity index (χ0n) is 9.52. The van der Waals surface area contributed by atoms with Crippen LogP contribution in [-0.4, -0.2) is 31.8 Å². The van der Waals surface area contributed by atoms with Gasteiger partial charge in [-0.05, 0) is 6.42 Å². The number of rotatable bonds is 6. The van der Waals surface area contributed by atoms with Gasteiger partial charge in [0.25, 0.3) is 0 Å². The van der Waals surface area contributed by atoms with Crippen LogP contribution in [0.4, 0.5) is 0 Å². The Kier molecular flexibility index (Phi) is 4.82. The summed E-state index contributed by atoms with van der Waals surface area (Å²) in [6.45, 7) is 4.33. The van der Waals surface area contributed by atoms with Crippen molar-refractivity contribution in [3.05, 3.63) is 11.8 Å². The Balaban J connectivity index is 2.10. The summed E-state index contributed by atoms with van der Waals surface area (Å²) in [7, 11) is 0. The van der Waals surface area contributed by atoms with E-state index in [9.17, 15) is 9.59 Å². The summed E-state index contributed by atoms with van der Waals surface area (Å²) in [6.07, 6.45) is 2.05. The number of esters is 2. The van der Waals surface area contributed by atoms with Gasteiger partial charge in [0.1, 0.15) is 25.6 Å². The molecule has 5 nitrogen and oxygen atoms in total. The van der Waals surface area contributed by atoms with Gasteiger partial charge in [-0.1, -0.05) is 13.8 Å². The van der Waals surface area contributed by atoms with Gasteiger partial charge in [0.15, 0.2) is 0 Å². The minimum Gasteiger partial charge on any atom is -0.490 e. The maximum absolute atomic E-state index is 11.3. The smallest absolute Gasteiger partial charge is 0.334 e. The molecule has 0 fully saturated rings. The molecule has 0 aromatic rings. The highest BCUT2D eigenvalue weighted by Crippen LogP contribution is 2.07. The van der Waals surface area contributed by atoms with E-state index in [4.69, 9.17) is 9.47 Å². The van der Waals surface area contributed by atoms with Gasteiger partial charge < -0.3 is 14.2 Å². The van der Waals surface area contributed by atoms with Crippen molar-refractivity contribution >= 4 is 11.9 Å². The second-order valence-corrected chi connectivity index (χ2v) is 3.54. The molecule has 0 aromatic heterocycles. The summed E-state index contributed by atoms with van der Waals surface area (Å²) in [6, 6.07) is 0. The minimum absolute atomic E-state index is 0.0874. The average Bonchev–Trinajstić information content (AvgIpc) is 2.69. The summed E-state index contributed by atoms with van der Waals surface area (Å²) in [5.41, 5.74) is 0. The first-order chi connectivity index (χ1) is 7.63. The van der Waals surface area contributed by atoms with Gasteiger partial charge in [0.05, 0.1) is 12.0 Å². The Morgan fingerprint density at radius 3 is 2.88 bits per heavy atom. The first-order valence-corrected chi connectivity index (χ1v) is 5.30. The van der Waals surface area contributed by atoms with E-state index in [1.165, 1.54) is 6.08 Å². The first-order valence-electron chi connectivity index (χ1n) is 5.30. The van der Waals surface area contributed by atoms with E-state index < -0.39 is 5.97 Å². The van der Waals surface area contributed by atoms with Crippen LogP contribution in [0.2, 0.25) is 0 Å². The van der Waals surface area contributed by atoms with Crippen LogP contribution in [0.5, 0.6) is 0 Å². The Bertz CT molecular complexity index is 295. The molecular formula is C11H16O5. The fraction of sp³-hybridized carbons (Fsp3) is 0.636. The molecule has 0 radical (unpaired) electrons. The van der Waals surface area contributed by atoms with Gasteiger partial charge in [-0.3, -0.25) is 4.79 Å². The normalized spacial score (nSPS) is 16.4. The van der Waals surface area contributed by atoms with E-state index in [1.54, 1.807) is 0 Å². The lowest BCUT2D eigenvalue weighted by atomic mass is 10.1. The number of hydrogen-bond donors (Lipinski definition) is 0. The van der Waals surface area contributed by atoms with Crippen molar-refractivity contribution in [1.29, 1.82) is 0 Å². The highest BCUT2D eigenvalue weighted by molar-refractivity contribution is 5.84. The molecule has 0 aromatic carbocycles. The van der Waals surface area contributed by atoms with E-state index in [1.807, 2.05) is 13.8 Å². The number of cyclic esters (lactones) is 1. The molecule has 0 N–H and O–H groups in total. The van der Waals surface area contributed by atoms with Crippen LogP contribution in [-0.2, 0) is 23.8 Å². The molecule has 1 aliphatic heterocycles. The van der Waals surface area contributed by atoms with Crippen LogP contribution in [0.15, 0.2) is 11.8 Å². The van der Waals surface area contributed by atoms with Gasteiger partial charge in [0, 0.05) is 0 Å². The monoisotopic (exact) mass is 228 g/mol. The summed E-state index contributed by atoms with van der Waals surface area (Å²) >= 11 is 0. The second kappa shape index (κ2) is 6.15. The predicted octanol–water partition coefficient (Wildman–Crippen LogP) is 1.03. The predicted molar refractivity (Wildman–Crippen MR) is 55.4 cm³/mol. The van der Waals surface area contributed by atoms with Crippen LogP contribution < -0.4 is 0 Å². The quantitative estimate of drug-likeness (QED) is 0.502. The fourth-order valence-corrected chi connectivity index (χ4v) is 1.06. The highest BCUT2D eigenvalue weighted by Gasteiger charge is 2.15. The SMILES string of the molecule is CCC(C)C(=O)OCCOC1=CC(=O)OC1. The van der Waals surface area contributed by atoms with E-state index in [-0.39, 0.29) is 31.7 Å². The molecule has 0 aliphatic carbocycles. The Morgan fingerprint density at radius 1 is 1.56 bits per heavy atom. The molecular weight excluding hydrogens is 212 g/mol. The molecule has 1 atom stereocenters. The van der Waals surface area contributed by atoms with Gasteiger partial charge in [0.2, 0.25) is 0 Å². The number of carbonyl (C=O) groups is 2. The summed E-state index contributed by atoms with van der Waals surface area (Å²) in [4.78, 5) is 21.9. The van der Waals surface area contributed by atoms with Gasteiger partial charge in [-0.2, -0.15) is 0 Å². The third kappa shape index (κ3) is 3.92. The third-order valence-corrected chi connectivity index (χ3v) is 2.27. The molecule has 16 heavy (non-hydrogen) atoms. The van der Waals surface area contributed by atoms with E-state index in [0.717, 1.165) is 6.42 Å². The van der Waals surface area contributed by atoms with Gasteiger partial charge >= 0.3 is 11.9 Å². The van der Waals surface area contributed by atoms with Crippen LogP contribution in [0, 0.1) is 5.92 Å². The van der Waals surface area contributed by atoms with E-state index >= 15 is 0 Å². The van der Waals surface area contributed by atoms with Gasteiger partial charge in [-0.15, -0.1) is 0 Å². The lowest BCUT2D eigenvalue weighted by Crippen LogP contribution is -2.17. The van der Waals surface area contributed by atoms with Crippen LogP contribution in [0.25, 0.3) is 0 Å². The van der Waals surface area contributed by atoms with Crippen LogP contribution >= 0.6 is 0 Å². The lowest BCUT2D eigenvalue weighted by Gasteiger charge is -2.09. The molecule has 0 saturated carbocycles. The van der Waals surface area contributed by atoms with Crippen molar-refractivity contribution in [3.63, 3.8) is 0 Å². The summed E-state index contributed by atoms with van der Waals surface area (Å²) in [5.74, 6) is -0.231. The molecule has 0 amide bonds. The molecule has 0 saturated heterocycles. The van der Waals surface area contributed by atoms with Crippen molar-refractivity contribution in [2.24, 2.45) is 5.92 Å². The maximum Gasteiger partial charge on any atom is 0.334 e. The molecule has 5 heteroatoms. The maximum atomic E-state index is 11.3. The molecule has 90 valence electrons. The molecule has 0 bridgehead atoms. The van der Waals surface area contributed by atoms with E-state index in [2.05, 4.69) is 4.74 Å². The molecule has 1 rings (SSSR count). The Labute approximate surface area is 94.4 Å². The van der Waals surface area contributed by atoms with Crippen molar-refractivity contribution in [3.8, 4) is 0 Å². The largest absolute Gasteiger partial charge is 0.490 e. The number of carbonyl (C=O) groups excluding carboxylic acids is 2. The molecule has 1 unspecified atom stereocenters. The zero-order valence-corrected chi connectivity index (χ0v) is 9.52. The number of ether oxygens (including phenoxy) is 3. The highest BCUT2D eigenvalue weighted by atomic mass is 16.6. The zero-order chi connectivity index (χ0) is 12.0. The summed E-state index contributed by atoms with van der Waals surface area (Å²) < 4.78 is 14.8.